The molecule has 1 saturated carbocycles. The molecule has 0 radical (unpaired) electrons. The van der Waals surface area contributed by atoms with E-state index < -0.39 is 6.04 Å². The summed E-state index contributed by atoms with van der Waals surface area (Å²) < 4.78 is 1.61. The molecule has 2 amide bonds. The van der Waals surface area contributed by atoms with E-state index in [0.29, 0.717) is 6.54 Å². The average Bonchev–Trinajstić information content (AvgIpc) is 3.55. The van der Waals surface area contributed by atoms with Crippen LogP contribution in [0.1, 0.15) is 48.6 Å². The average molecular weight is 488 g/mol. The normalized spacial score (nSPS) is 15.1. The fourth-order valence-corrected chi connectivity index (χ4v) is 5.48. The minimum atomic E-state index is -0.734. The van der Waals surface area contributed by atoms with Crippen LogP contribution in [0.15, 0.2) is 72.1 Å². The summed E-state index contributed by atoms with van der Waals surface area (Å²) in [7, 11) is 0. The lowest BCUT2D eigenvalue weighted by Gasteiger charge is -2.33. The molecule has 2 aromatic carbocycles. The Morgan fingerprint density at radius 2 is 1.77 bits per heavy atom. The lowest BCUT2D eigenvalue weighted by Crippen LogP contribution is -2.47. The fraction of sp³-hybridized carbons (Fsp3) is 0.333. The highest BCUT2D eigenvalue weighted by Gasteiger charge is 2.33. The van der Waals surface area contributed by atoms with E-state index in [-0.39, 0.29) is 24.4 Å². The number of hydrogen-bond donors (Lipinski definition) is 1. The van der Waals surface area contributed by atoms with Gasteiger partial charge in [0.05, 0.1) is 12.1 Å². The number of para-hydroxylation sites is 1. The Balaban J connectivity index is 1.48. The van der Waals surface area contributed by atoms with E-state index in [0.717, 1.165) is 47.2 Å². The first-order valence-electron chi connectivity index (χ1n) is 12.1. The Morgan fingerprint density at radius 1 is 1.00 bits per heavy atom. The number of carbonyl (C=O) groups is 2. The molecule has 1 N–H and O–H groups in total. The lowest BCUT2D eigenvalue weighted by molar-refractivity contribution is -0.142. The maximum Gasteiger partial charge on any atom is 0.247 e. The van der Waals surface area contributed by atoms with Crippen molar-refractivity contribution in [3.63, 3.8) is 0 Å². The van der Waals surface area contributed by atoms with Gasteiger partial charge in [-0.05, 0) is 42.0 Å². The number of rotatable bonds is 8. The zero-order chi connectivity index (χ0) is 24.0. The second kappa shape index (κ2) is 10.8. The minimum Gasteiger partial charge on any atom is -0.351 e. The van der Waals surface area contributed by atoms with E-state index >= 15 is 0 Å². The van der Waals surface area contributed by atoms with Crippen LogP contribution in [0.2, 0.25) is 0 Å². The highest BCUT2D eigenvalue weighted by molar-refractivity contribution is 7.09. The zero-order valence-corrected chi connectivity index (χ0v) is 20.4. The molecule has 180 valence electrons. The van der Waals surface area contributed by atoms with Gasteiger partial charge in [0.25, 0.3) is 0 Å². The number of aromatic nitrogens is 3. The van der Waals surface area contributed by atoms with Crippen molar-refractivity contribution in [2.75, 3.05) is 0 Å². The molecule has 35 heavy (non-hydrogen) atoms. The van der Waals surface area contributed by atoms with Crippen LogP contribution in [0.25, 0.3) is 11.0 Å². The predicted octanol–water partition coefficient (Wildman–Crippen LogP) is 4.71. The van der Waals surface area contributed by atoms with Crippen molar-refractivity contribution in [1.82, 2.24) is 25.2 Å². The van der Waals surface area contributed by atoms with E-state index in [4.69, 9.17) is 0 Å². The highest BCUT2D eigenvalue weighted by atomic mass is 32.1. The van der Waals surface area contributed by atoms with E-state index in [2.05, 4.69) is 15.6 Å². The Kier molecular flexibility index (Phi) is 7.18. The third kappa shape index (κ3) is 5.43. The maximum atomic E-state index is 13.9. The molecule has 1 atom stereocenters. The zero-order valence-electron chi connectivity index (χ0n) is 19.5. The molecule has 0 saturated heterocycles. The molecule has 1 aliphatic rings. The quantitative estimate of drug-likeness (QED) is 0.390. The first-order chi connectivity index (χ1) is 17.2. The minimum absolute atomic E-state index is 0.00588. The van der Waals surface area contributed by atoms with Gasteiger partial charge in [0, 0.05) is 10.9 Å². The monoisotopic (exact) mass is 487 g/mol. The molecule has 4 aromatic rings. The number of nitrogens with zero attached hydrogens (tertiary/aromatic N) is 4. The van der Waals surface area contributed by atoms with Gasteiger partial charge in [0.15, 0.2) is 0 Å². The van der Waals surface area contributed by atoms with Crippen LogP contribution < -0.4 is 5.32 Å². The van der Waals surface area contributed by atoms with Gasteiger partial charge >= 0.3 is 0 Å². The lowest BCUT2D eigenvalue weighted by atomic mass is 9.94. The summed E-state index contributed by atoms with van der Waals surface area (Å²) in [6.45, 7) is 0.354. The Morgan fingerprint density at radius 3 is 2.54 bits per heavy atom. The molecule has 0 aliphatic heterocycles. The second-order valence-corrected chi connectivity index (χ2v) is 10.0. The summed E-state index contributed by atoms with van der Waals surface area (Å²) in [5.74, 6) is -0.307. The van der Waals surface area contributed by atoms with Crippen molar-refractivity contribution < 1.29 is 9.59 Å². The van der Waals surface area contributed by atoms with Crippen LogP contribution >= 0.6 is 11.3 Å². The van der Waals surface area contributed by atoms with Gasteiger partial charge in [-0.1, -0.05) is 73.0 Å². The first kappa shape index (κ1) is 23.2. The van der Waals surface area contributed by atoms with Crippen molar-refractivity contribution in [3.8, 4) is 0 Å². The molecule has 8 heteroatoms. The third-order valence-electron chi connectivity index (χ3n) is 6.56. The van der Waals surface area contributed by atoms with Gasteiger partial charge in [-0.15, -0.1) is 16.4 Å². The summed E-state index contributed by atoms with van der Waals surface area (Å²) in [5.41, 5.74) is 2.33. The predicted molar refractivity (Wildman–Crippen MR) is 137 cm³/mol. The van der Waals surface area contributed by atoms with Crippen LogP contribution in [0.3, 0.4) is 0 Å². The van der Waals surface area contributed by atoms with Crippen molar-refractivity contribution >= 4 is 34.2 Å². The number of amides is 2. The van der Waals surface area contributed by atoms with Gasteiger partial charge in [0.2, 0.25) is 11.8 Å². The molecule has 2 heterocycles. The maximum absolute atomic E-state index is 13.9. The highest BCUT2D eigenvalue weighted by Crippen LogP contribution is 2.27. The molecular weight excluding hydrogens is 458 g/mol. The standard InChI is InChI=1S/C27H29N5O2S/c33-25(19-32-24-16-8-7-15-23(24)29-30-32)31(18-22-14-9-17-35-22)26(20-10-3-1-4-11-20)27(34)28-21-12-5-2-6-13-21/h1,3-4,7-11,14-17,21,26H,2,5-6,12-13,18-19H2,(H,28,34). The van der Waals surface area contributed by atoms with Gasteiger partial charge in [-0.25, -0.2) is 4.68 Å². The van der Waals surface area contributed by atoms with Crippen molar-refractivity contribution in [1.29, 1.82) is 0 Å². The SMILES string of the molecule is O=C(NC1CCCCC1)C(c1ccccc1)N(Cc1cccs1)C(=O)Cn1nnc2ccccc21. The third-order valence-corrected chi connectivity index (χ3v) is 7.42. The van der Waals surface area contributed by atoms with Crippen LogP contribution in [-0.4, -0.2) is 37.7 Å². The smallest absolute Gasteiger partial charge is 0.247 e. The van der Waals surface area contributed by atoms with Gasteiger partial charge in [-0.2, -0.15) is 0 Å². The Hall–Kier alpha value is -3.52. The summed E-state index contributed by atoms with van der Waals surface area (Å²) in [4.78, 5) is 30.3. The molecular formula is C27H29N5O2S. The van der Waals surface area contributed by atoms with E-state index in [1.54, 1.807) is 20.9 Å². The second-order valence-electron chi connectivity index (χ2n) is 8.99. The van der Waals surface area contributed by atoms with Crippen LogP contribution in [0, 0.1) is 0 Å². The Labute approximate surface area is 208 Å². The summed E-state index contributed by atoms with van der Waals surface area (Å²) in [6.07, 6.45) is 5.42. The summed E-state index contributed by atoms with van der Waals surface area (Å²) >= 11 is 1.58. The van der Waals surface area contributed by atoms with E-state index in [9.17, 15) is 9.59 Å². The number of fused-ring (bicyclic) bond motifs is 1. The molecule has 1 unspecified atom stereocenters. The summed E-state index contributed by atoms with van der Waals surface area (Å²) in [6, 6.07) is 20.5. The molecule has 0 bridgehead atoms. The summed E-state index contributed by atoms with van der Waals surface area (Å²) in [5, 5.41) is 13.6. The molecule has 1 aliphatic carbocycles. The van der Waals surface area contributed by atoms with Gasteiger partial charge < -0.3 is 10.2 Å². The number of carbonyl (C=O) groups excluding carboxylic acids is 2. The van der Waals surface area contributed by atoms with E-state index in [1.807, 2.05) is 72.1 Å². The molecule has 0 spiro atoms. The first-order valence-corrected chi connectivity index (χ1v) is 13.0. The van der Waals surface area contributed by atoms with Crippen LogP contribution in [0.4, 0.5) is 0 Å². The molecule has 5 rings (SSSR count). The number of hydrogen-bond acceptors (Lipinski definition) is 5. The van der Waals surface area contributed by atoms with Crippen LogP contribution in [-0.2, 0) is 22.7 Å². The van der Waals surface area contributed by atoms with Crippen molar-refractivity contribution in [3.05, 3.63) is 82.6 Å². The van der Waals surface area contributed by atoms with Crippen molar-refractivity contribution in [2.24, 2.45) is 0 Å². The Bertz CT molecular complexity index is 1270. The number of nitrogens with one attached hydrogen (secondary N) is 1. The fourth-order valence-electron chi connectivity index (χ4n) is 4.78. The molecule has 2 aromatic heterocycles. The van der Waals surface area contributed by atoms with Gasteiger partial charge in [0.1, 0.15) is 18.1 Å². The largest absolute Gasteiger partial charge is 0.351 e. The van der Waals surface area contributed by atoms with Crippen LogP contribution in [0.5, 0.6) is 0 Å². The van der Waals surface area contributed by atoms with Gasteiger partial charge in [-0.3, -0.25) is 9.59 Å². The molecule has 1 fully saturated rings. The molecule has 7 nitrogen and oxygen atoms in total. The number of benzene rings is 2. The topological polar surface area (TPSA) is 80.1 Å². The van der Waals surface area contributed by atoms with E-state index in [1.165, 1.54) is 6.42 Å². The van der Waals surface area contributed by atoms with Crippen molar-refractivity contribution in [2.45, 2.75) is 57.3 Å². The number of thiophene rings is 1.